The molecule has 0 aromatic carbocycles. The maximum atomic E-state index is 10.7. The standard InChI is InChI=1S/C6H11NO3S/c1-3-10-5(8)4-7-6(11)9-2/h3-4H2,1-2H3,(H,7,11). The van der Waals surface area contributed by atoms with E-state index in [9.17, 15) is 4.79 Å². The molecule has 1 N–H and O–H groups in total. The smallest absolute Gasteiger partial charge is 0.325 e. The molecule has 5 heteroatoms. The van der Waals surface area contributed by atoms with Crippen molar-refractivity contribution in [2.75, 3.05) is 20.3 Å². The van der Waals surface area contributed by atoms with Crippen molar-refractivity contribution in [1.29, 1.82) is 0 Å². The maximum Gasteiger partial charge on any atom is 0.325 e. The SMILES string of the molecule is CCOC(=O)CNC(=S)OC. The van der Waals surface area contributed by atoms with Gasteiger partial charge >= 0.3 is 5.97 Å². The van der Waals surface area contributed by atoms with Crippen LogP contribution in [-0.2, 0) is 14.3 Å². The highest BCUT2D eigenvalue weighted by molar-refractivity contribution is 7.80. The first-order valence-electron chi connectivity index (χ1n) is 3.18. The number of rotatable bonds is 3. The van der Waals surface area contributed by atoms with E-state index >= 15 is 0 Å². The molecular weight excluding hydrogens is 166 g/mol. The fourth-order valence-electron chi connectivity index (χ4n) is 0.429. The van der Waals surface area contributed by atoms with Crippen molar-refractivity contribution in [3.05, 3.63) is 0 Å². The lowest BCUT2D eigenvalue weighted by Gasteiger charge is -2.04. The summed E-state index contributed by atoms with van der Waals surface area (Å²) < 4.78 is 9.21. The van der Waals surface area contributed by atoms with Crippen molar-refractivity contribution >= 4 is 23.4 Å². The number of hydrogen-bond acceptors (Lipinski definition) is 4. The molecular formula is C6H11NO3S. The van der Waals surface area contributed by atoms with E-state index in [1.165, 1.54) is 7.11 Å². The summed E-state index contributed by atoms with van der Waals surface area (Å²) in [6.45, 7) is 2.17. The molecule has 64 valence electrons. The van der Waals surface area contributed by atoms with Crippen LogP contribution in [0.5, 0.6) is 0 Å². The van der Waals surface area contributed by atoms with E-state index in [-0.39, 0.29) is 17.7 Å². The second kappa shape index (κ2) is 5.91. The van der Waals surface area contributed by atoms with Crippen LogP contribution in [0.1, 0.15) is 6.92 Å². The largest absolute Gasteiger partial charge is 0.474 e. The lowest BCUT2D eigenvalue weighted by Crippen LogP contribution is -2.30. The Hall–Kier alpha value is -0.840. The zero-order chi connectivity index (χ0) is 8.69. The molecule has 0 fully saturated rings. The Bertz CT molecular complexity index is 149. The van der Waals surface area contributed by atoms with Crippen LogP contribution in [0.3, 0.4) is 0 Å². The zero-order valence-corrected chi connectivity index (χ0v) is 7.36. The first kappa shape index (κ1) is 10.2. The van der Waals surface area contributed by atoms with Gasteiger partial charge in [0.15, 0.2) is 0 Å². The number of hydrogen-bond donors (Lipinski definition) is 1. The van der Waals surface area contributed by atoms with E-state index in [1.807, 2.05) is 0 Å². The maximum absolute atomic E-state index is 10.7. The number of methoxy groups -OCH3 is 1. The van der Waals surface area contributed by atoms with Gasteiger partial charge in [-0.15, -0.1) is 0 Å². The van der Waals surface area contributed by atoms with Crippen molar-refractivity contribution in [1.82, 2.24) is 5.32 Å². The third-order valence-electron chi connectivity index (χ3n) is 0.868. The van der Waals surface area contributed by atoms with Crippen LogP contribution in [0.15, 0.2) is 0 Å². The quantitative estimate of drug-likeness (QED) is 0.488. The molecule has 0 spiro atoms. The van der Waals surface area contributed by atoms with Gasteiger partial charge in [0.05, 0.1) is 13.7 Å². The van der Waals surface area contributed by atoms with Gasteiger partial charge in [0, 0.05) is 0 Å². The van der Waals surface area contributed by atoms with E-state index < -0.39 is 0 Å². The summed E-state index contributed by atoms with van der Waals surface area (Å²) in [5.74, 6) is -0.341. The predicted molar refractivity (Wildman–Crippen MR) is 44.2 cm³/mol. The molecule has 0 aliphatic rings. The molecule has 0 atom stereocenters. The Morgan fingerprint density at radius 1 is 1.64 bits per heavy atom. The molecule has 0 aliphatic carbocycles. The van der Waals surface area contributed by atoms with Crippen molar-refractivity contribution in [2.24, 2.45) is 0 Å². The molecule has 0 aromatic rings. The average molecular weight is 177 g/mol. The number of carbonyl (C=O) groups excluding carboxylic acids is 1. The number of thiocarbonyl (C=S) groups is 1. The minimum atomic E-state index is -0.341. The average Bonchev–Trinajstić information content (AvgIpc) is 2.01. The van der Waals surface area contributed by atoms with Gasteiger partial charge in [0.25, 0.3) is 5.17 Å². The fourth-order valence-corrected chi connectivity index (χ4v) is 0.501. The molecule has 4 nitrogen and oxygen atoms in total. The Morgan fingerprint density at radius 3 is 2.73 bits per heavy atom. The Balaban J connectivity index is 3.38. The van der Waals surface area contributed by atoms with Gasteiger partial charge < -0.3 is 14.8 Å². The summed E-state index contributed by atoms with van der Waals surface area (Å²) in [7, 11) is 1.43. The molecule has 0 saturated carbocycles. The number of carbonyl (C=O) groups is 1. The Kier molecular flexibility index (Phi) is 5.46. The zero-order valence-electron chi connectivity index (χ0n) is 6.55. The van der Waals surface area contributed by atoms with E-state index in [4.69, 9.17) is 0 Å². The second-order valence-corrected chi connectivity index (χ2v) is 2.02. The number of nitrogens with one attached hydrogen (secondary N) is 1. The minimum absolute atomic E-state index is 0.0561. The van der Waals surface area contributed by atoms with Gasteiger partial charge in [-0.25, -0.2) is 0 Å². The topological polar surface area (TPSA) is 47.6 Å². The van der Waals surface area contributed by atoms with Crippen LogP contribution in [0.4, 0.5) is 0 Å². The summed E-state index contributed by atoms with van der Waals surface area (Å²) in [6, 6.07) is 0. The van der Waals surface area contributed by atoms with E-state index in [0.717, 1.165) is 0 Å². The van der Waals surface area contributed by atoms with Crippen molar-refractivity contribution < 1.29 is 14.3 Å². The third-order valence-corrected chi connectivity index (χ3v) is 1.18. The van der Waals surface area contributed by atoms with Crippen molar-refractivity contribution in [3.8, 4) is 0 Å². The van der Waals surface area contributed by atoms with Gasteiger partial charge in [0.1, 0.15) is 6.54 Å². The lowest BCUT2D eigenvalue weighted by molar-refractivity contribution is -0.141. The van der Waals surface area contributed by atoms with Gasteiger partial charge in [-0.3, -0.25) is 4.79 Å². The van der Waals surface area contributed by atoms with Crippen LogP contribution in [0.25, 0.3) is 0 Å². The molecule has 0 heterocycles. The normalized spacial score (nSPS) is 8.55. The van der Waals surface area contributed by atoms with Crippen LogP contribution >= 0.6 is 12.2 Å². The van der Waals surface area contributed by atoms with Crippen LogP contribution < -0.4 is 5.32 Å². The summed E-state index contributed by atoms with van der Waals surface area (Å²) in [5, 5.41) is 2.74. The molecule has 0 unspecified atom stereocenters. The third kappa shape index (κ3) is 5.60. The van der Waals surface area contributed by atoms with Crippen LogP contribution in [0.2, 0.25) is 0 Å². The van der Waals surface area contributed by atoms with Crippen LogP contribution in [-0.4, -0.2) is 31.4 Å². The molecule has 0 amide bonds. The molecule has 0 saturated heterocycles. The Morgan fingerprint density at radius 2 is 2.27 bits per heavy atom. The van der Waals surface area contributed by atoms with E-state index in [2.05, 4.69) is 27.0 Å². The molecule has 0 radical (unpaired) electrons. The number of esters is 1. The first-order chi connectivity index (χ1) is 5.20. The van der Waals surface area contributed by atoms with Crippen molar-refractivity contribution in [2.45, 2.75) is 6.92 Å². The molecule has 11 heavy (non-hydrogen) atoms. The van der Waals surface area contributed by atoms with Crippen LogP contribution in [0, 0.1) is 0 Å². The highest BCUT2D eigenvalue weighted by Gasteiger charge is 2.01. The van der Waals surface area contributed by atoms with E-state index in [0.29, 0.717) is 6.61 Å². The van der Waals surface area contributed by atoms with Gasteiger partial charge in [-0.1, -0.05) is 0 Å². The van der Waals surface area contributed by atoms with Crippen molar-refractivity contribution in [3.63, 3.8) is 0 Å². The summed E-state index contributed by atoms with van der Waals surface area (Å²) >= 11 is 4.62. The predicted octanol–water partition coefficient (Wildman–Crippen LogP) is 0.0704. The van der Waals surface area contributed by atoms with Gasteiger partial charge in [-0.05, 0) is 19.1 Å². The molecule has 0 aliphatic heterocycles. The Labute approximate surface area is 70.9 Å². The highest BCUT2D eigenvalue weighted by Crippen LogP contribution is 1.77. The second-order valence-electron chi connectivity index (χ2n) is 1.65. The molecule has 0 aromatic heterocycles. The minimum Gasteiger partial charge on any atom is -0.474 e. The highest BCUT2D eigenvalue weighted by atomic mass is 32.1. The fraction of sp³-hybridized carbons (Fsp3) is 0.667. The summed E-state index contributed by atoms with van der Waals surface area (Å²) in [6.07, 6.45) is 0. The van der Waals surface area contributed by atoms with E-state index in [1.54, 1.807) is 6.92 Å². The van der Waals surface area contributed by atoms with Gasteiger partial charge in [-0.2, -0.15) is 0 Å². The summed E-state index contributed by atoms with van der Waals surface area (Å²) in [5.41, 5.74) is 0. The summed E-state index contributed by atoms with van der Waals surface area (Å²) in [4.78, 5) is 10.7. The molecule has 0 rings (SSSR count). The molecule has 0 bridgehead atoms. The van der Waals surface area contributed by atoms with Gasteiger partial charge in [0.2, 0.25) is 0 Å². The lowest BCUT2D eigenvalue weighted by atomic mass is 10.6. The monoisotopic (exact) mass is 177 g/mol. The number of ether oxygens (including phenoxy) is 2. The first-order valence-corrected chi connectivity index (χ1v) is 3.59.